The second-order valence-electron chi connectivity index (χ2n) is 5.43. The van der Waals surface area contributed by atoms with Crippen molar-refractivity contribution in [3.05, 3.63) is 36.2 Å². The molecule has 0 saturated heterocycles. The Labute approximate surface area is 140 Å². The molecule has 0 bridgehead atoms. The second kappa shape index (κ2) is 7.02. The summed E-state index contributed by atoms with van der Waals surface area (Å²) in [7, 11) is -3.14. The highest BCUT2D eigenvalue weighted by atomic mass is 32.2. The molecule has 1 aromatic carbocycles. The van der Waals surface area contributed by atoms with Gasteiger partial charge in [-0.3, -0.25) is 4.57 Å². The Hall–Kier alpha value is -1.38. The van der Waals surface area contributed by atoms with Gasteiger partial charge in [0.25, 0.3) is 0 Å². The van der Waals surface area contributed by atoms with E-state index in [1.807, 2.05) is 30.3 Å². The summed E-state index contributed by atoms with van der Waals surface area (Å²) < 4.78 is 27.6. The van der Waals surface area contributed by atoms with Crippen molar-refractivity contribution in [2.24, 2.45) is 0 Å². The third kappa shape index (κ3) is 4.13. The highest BCUT2D eigenvalue weighted by Gasteiger charge is 2.30. The van der Waals surface area contributed by atoms with Crippen molar-refractivity contribution in [1.29, 1.82) is 0 Å². The molecule has 1 aromatic heterocycles. The topological polar surface area (TPSA) is 76.9 Å². The number of rotatable bonds is 8. The molecule has 1 fully saturated rings. The van der Waals surface area contributed by atoms with Crippen molar-refractivity contribution < 1.29 is 8.42 Å². The molecule has 0 radical (unpaired) electrons. The van der Waals surface area contributed by atoms with Crippen molar-refractivity contribution in [2.45, 2.75) is 30.8 Å². The monoisotopic (exact) mass is 352 g/mol. The summed E-state index contributed by atoms with van der Waals surface area (Å²) in [5.41, 5.74) is 1.05. The van der Waals surface area contributed by atoms with Gasteiger partial charge in [0.2, 0.25) is 10.0 Å². The molecule has 0 unspecified atom stereocenters. The van der Waals surface area contributed by atoms with E-state index in [9.17, 15) is 8.42 Å². The summed E-state index contributed by atoms with van der Waals surface area (Å²) in [6.45, 7) is 2.02. The molecule has 6 nitrogen and oxygen atoms in total. The third-order valence-electron chi connectivity index (χ3n) is 3.65. The van der Waals surface area contributed by atoms with Crippen LogP contribution in [0.15, 0.2) is 35.5 Å². The molecular weight excluding hydrogens is 332 g/mol. The van der Waals surface area contributed by atoms with Gasteiger partial charge in [-0.05, 0) is 31.9 Å². The van der Waals surface area contributed by atoms with E-state index in [1.165, 1.54) is 11.8 Å². The van der Waals surface area contributed by atoms with Crippen LogP contribution in [0.5, 0.6) is 0 Å². The molecule has 0 spiro atoms. The van der Waals surface area contributed by atoms with Gasteiger partial charge in [0.05, 0.1) is 5.75 Å². The Kier molecular flexibility index (Phi) is 5.03. The first kappa shape index (κ1) is 16.5. The maximum Gasteiger partial charge on any atom is 0.211 e. The van der Waals surface area contributed by atoms with Gasteiger partial charge in [-0.25, -0.2) is 13.1 Å². The molecule has 1 heterocycles. The Morgan fingerprint density at radius 3 is 2.65 bits per heavy atom. The van der Waals surface area contributed by atoms with Crippen LogP contribution in [0, 0.1) is 0 Å². The summed E-state index contributed by atoms with van der Waals surface area (Å²) in [5.74, 6) is 2.22. The van der Waals surface area contributed by atoms with Crippen LogP contribution in [0.1, 0.15) is 31.5 Å². The lowest BCUT2D eigenvalue weighted by atomic mass is 10.3. The van der Waals surface area contributed by atoms with E-state index in [4.69, 9.17) is 0 Å². The number of nitrogens with one attached hydrogen (secondary N) is 1. The molecule has 1 aliphatic rings. The molecule has 23 heavy (non-hydrogen) atoms. The summed E-state index contributed by atoms with van der Waals surface area (Å²) in [6.07, 6.45) is 2.32. The summed E-state index contributed by atoms with van der Waals surface area (Å²) in [4.78, 5) is 0. The molecule has 8 heteroatoms. The molecule has 1 aliphatic carbocycles. The molecule has 0 aliphatic heterocycles. The number of sulfonamides is 1. The Morgan fingerprint density at radius 1 is 1.26 bits per heavy atom. The lowest BCUT2D eigenvalue weighted by Crippen LogP contribution is -2.27. The van der Waals surface area contributed by atoms with Crippen LogP contribution >= 0.6 is 11.8 Å². The summed E-state index contributed by atoms with van der Waals surface area (Å²) >= 11 is 1.52. The number of benzene rings is 1. The molecule has 1 N–H and O–H groups in total. The first-order valence-electron chi connectivity index (χ1n) is 7.71. The van der Waals surface area contributed by atoms with Gasteiger partial charge in [-0.2, -0.15) is 0 Å². The van der Waals surface area contributed by atoms with Gasteiger partial charge in [0.1, 0.15) is 5.82 Å². The second-order valence-corrected chi connectivity index (χ2v) is 8.59. The average Bonchev–Trinajstić information content (AvgIpc) is 3.32. The fraction of sp³-hybridized carbons (Fsp3) is 0.467. The molecule has 3 rings (SSSR count). The van der Waals surface area contributed by atoms with Crippen LogP contribution in [-0.4, -0.2) is 41.2 Å². The lowest BCUT2D eigenvalue weighted by Gasteiger charge is -2.10. The van der Waals surface area contributed by atoms with Crippen LogP contribution < -0.4 is 4.72 Å². The number of hydrogen-bond donors (Lipinski definition) is 1. The fourth-order valence-corrected chi connectivity index (χ4v) is 3.80. The van der Waals surface area contributed by atoms with E-state index in [1.54, 1.807) is 6.92 Å². The normalized spacial score (nSPS) is 15.0. The van der Waals surface area contributed by atoms with E-state index in [0.717, 1.165) is 29.5 Å². The number of para-hydroxylation sites is 1. The van der Waals surface area contributed by atoms with Gasteiger partial charge in [-0.1, -0.05) is 30.0 Å². The maximum atomic E-state index is 11.4. The number of thioether (sulfide) groups is 1. The average molecular weight is 352 g/mol. The number of nitrogens with zero attached hydrogens (tertiary/aromatic N) is 3. The number of hydrogen-bond acceptors (Lipinski definition) is 5. The van der Waals surface area contributed by atoms with E-state index in [2.05, 4.69) is 19.5 Å². The molecule has 1 saturated carbocycles. The standard InChI is InChI=1S/C15H20N4O2S2/c1-2-23(20,21)16-10-11-22-15-18-17-14(12-8-9-12)19(15)13-6-4-3-5-7-13/h3-7,12,16H,2,8-11H2,1H3. The van der Waals surface area contributed by atoms with E-state index < -0.39 is 10.0 Å². The third-order valence-corrected chi connectivity index (χ3v) is 5.99. The zero-order chi connectivity index (χ0) is 16.3. The van der Waals surface area contributed by atoms with Crippen molar-refractivity contribution in [3.63, 3.8) is 0 Å². The quantitative estimate of drug-likeness (QED) is 0.582. The van der Waals surface area contributed by atoms with Crippen molar-refractivity contribution in [3.8, 4) is 5.69 Å². The minimum Gasteiger partial charge on any atom is -0.274 e. The zero-order valence-electron chi connectivity index (χ0n) is 13.0. The van der Waals surface area contributed by atoms with E-state index in [0.29, 0.717) is 18.2 Å². The van der Waals surface area contributed by atoms with Crippen LogP contribution in [0.4, 0.5) is 0 Å². The minimum absolute atomic E-state index is 0.101. The minimum atomic E-state index is -3.14. The zero-order valence-corrected chi connectivity index (χ0v) is 14.6. The molecule has 0 atom stereocenters. The molecular formula is C15H20N4O2S2. The lowest BCUT2D eigenvalue weighted by molar-refractivity contribution is 0.585. The van der Waals surface area contributed by atoms with Crippen molar-refractivity contribution >= 4 is 21.8 Å². The predicted octanol–water partition coefficient (Wildman–Crippen LogP) is 2.18. The maximum absolute atomic E-state index is 11.4. The van der Waals surface area contributed by atoms with Gasteiger partial charge < -0.3 is 0 Å². The van der Waals surface area contributed by atoms with Gasteiger partial charge >= 0.3 is 0 Å². The largest absolute Gasteiger partial charge is 0.274 e. The van der Waals surface area contributed by atoms with Gasteiger partial charge in [0, 0.05) is 23.9 Å². The van der Waals surface area contributed by atoms with E-state index >= 15 is 0 Å². The number of aromatic nitrogens is 3. The first-order valence-corrected chi connectivity index (χ1v) is 10.4. The van der Waals surface area contributed by atoms with Gasteiger partial charge in [0.15, 0.2) is 5.16 Å². The summed E-state index contributed by atoms with van der Waals surface area (Å²) in [5, 5.41) is 9.47. The predicted molar refractivity (Wildman–Crippen MR) is 91.5 cm³/mol. The van der Waals surface area contributed by atoms with Gasteiger partial charge in [-0.15, -0.1) is 10.2 Å². The van der Waals surface area contributed by atoms with Crippen LogP contribution in [0.3, 0.4) is 0 Å². The fourth-order valence-electron chi connectivity index (χ4n) is 2.24. The Bertz CT molecular complexity index is 755. The molecule has 0 amide bonds. The molecule has 2 aromatic rings. The Morgan fingerprint density at radius 2 is 2.00 bits per heavy atom. The summed E-state index contributed by atoms with van der Waals surface area (Å²) in [6, 6.07) is 10.1. The van der Waals surface area contributed by atoms with Crippen molar-refractivity contribution in [1.82, 2.24) is 19.5 Å². The highest BCUT2D eigenvalue weighted by molar-refractivity contribution is 7.99. The van der Waals surface area contributed by atoms with Crippen LogP contribution in [0.25, 0.3) is 5.69 Å². The van der Waals surface area contributed by atoms with Crippen LogP contribution in [0.2, 0.25) is 0 Å². The van der Waals surface area contributed by atoms with E-state index in [-0.39, 0.29) is 5.75 Å². The Balaban J connectivity index is 1.72. The van der Waals surface area contributed by atoms with Crippen molar-refractivity contribution in [2.75, 3.05) is 18.1 Å². The van der Waals surface area contributed by atoms with Crippen LogP contribution in [-0.2, 0) is 10.0 Å². The highest BCUT2D eigenvalue weighted by Crippen LogP contribution is 2.41. The first-order chi connectivity index (χ1) is 11.1. The smallest absolute Gasteiger partial charge is 0.211 e. The molecule has 124 valence electrons. The SMILES string of the molecule is CCS(=O)(=O)NCCSc1nnc(C2CC2)n1-c1ccccc1.